The van der Waals surface area contributed by atoms with E-state index in [2.05, 4.69) is 68.1 Å². The summed E-state index contributed by atoms with van der Waals surface area (Å²) in [6.07, 6.45) is 0. The van der Waals surface area contributed by atoms with Crippen molar-refractivity contribution in [2.75, 3.05) is 0 Å². The van der Waals surface area contributed by atoms with Crippen LogP contribution in [-0.4, -0.2) is 0 Å². The van der Waals surface area contributed by atoms with Crippen molar-refractivity contribution < 1.29 is 3.80 Å². The van der Waals surface area contributed by atoms with Crippen molar-refractivity contribution in [3.05, 3.63) is 0 Å². The Morgan fingerprint density at radius 3 is 0.667 bits per heavy atom. The third-order valence-corrected chi connectivity index (χ3v) is 0. The predicted molar refractivity (Wildman–Crippen MR) is 44.6 cm³/mol. The molecule has 0 N–H and O–H groups in total. The predicted octanol–water partition coefficient (Wildman–Crippen LogP) is 4.23. The Labute approximate surface area is 70.3 Å². The molecule has 0 fully saturated rings. The number of rotatable bonds is 0. The summed E-state index contributed by atoms with van der Waals surface area (Å²) in [5, 5.41) is 0. The van der Waals surface area contributed by atoms with E-state index in [1.165, 1.54) is 0 Å². The first-order chi connectivity index (χ1) is 2.24. The van der Waals surface area contributed by atoms with Gasteiger partial charge in [0, 0.05) is 0 Å². The molecule has 0 unspecified atom stereocenters. The van der Waals surface area contributed by atoms with Crippen LogP contribution in [-0.2, 0) is 3.80 Å². The molecule has 0 aliphatic heterocycles. The number of hydrogen-bond donors (Lipinski definition) is 0. The van der Waals surface area contributed by atoms with E-state index in [4.69, 9.17) is 0 Å². The quantitative estimate of drug-likeness (QED) is 0.436. The zero-order valence-electron chi connectivity index (χ0n) is 2.22. The van der Waals surface area contributed by atoms with Crippen molar-refractivity contribution in [2.24, 2.45) is 0 Å². The average Bonchev–Trinajstić information content (AvgIpc) is 0.650. The summed E-state index contributed by atoms with van der Waals surface area (Å²) < 4.78 is -2.34. The fourth-order valence-corrected chi connectivity index (χ4v) is 0. The minimum absolute atomic E-state index is 2.34. The Balaban J connectivity index is 3.73. The van der Waals surface area contributed by atoms with Gasteiger partial charge in [0.15, 0.2) is 0 Å². The second-order valence-corrected chi connectivity index (χ2v) is 76.1. The van der Waals surface area contributed by atoms with E-state index in [9.17, 15) is 0 Å². The van der Waals surface area contributed by atoms with Crippen LogP contribution in [0.25, 0.3) is 0 Å². The van der Waals surface area contributed by atoms with Crippen LogP contribution in [0.15, 0.2) is 0 Å². The summed E-state index contributed by atoms with van der Waals surface area (Å²) in [6, 6.07) is 0. The van der Waals surface area contributed by atoms with Crippen molar-refractivity contribution in [3.63, 3.8) is 0 Å². The molecular weight excluding hydrogens is 502 g/mol. The Morgan fingerprint density at radius 1 is 0.667 bits per heavy atom. The Kier molecular flexibility index (Phi) is 3.51. The van der Waals surface area contributed by atoms with Gasteiger partial charge in [-0.05, 0) is 0 Å². The second-order valence-electron chi connectivity index (χ2n) is 0.476. The van der Waals surface area contributed by atoms with E-state index in [1.54, 1.807) is 0 Å². The van der Waals surface area contributed by atoms with Crippen LogP contribution in [0.2, 0.25) is 0 Å². The zero-order chi connectivity index (χ0) is 5.45. The molecule has 6 heteroatoms. The minimum atomic E-state index is -2.34. The first-order valence-electron chi connectivity index (χ1n) is 0.630. The standard InChI is InChI=1S/5BrH.Rh/h5*1H;/q;;;;;+5/p-5. The number of halogens is 5. The summed E-state index contributed by atoms with van der Waals surface area (Å²) in [4.78, 5) is 0. The van der Waals surface area contributed by atoms with E-state index in [0.29, 0.717) is 0 Å². The van der Waals surface area contributed by atoms with Gasteiger partial charge in [0.25, 0.3) is 0 Å². The van der Waals surface area contributed by atoms with Crippen molar-refractivity contribution >= 4 is 68.1 Å². The van der Waals surface area contributed by atoms with Crippen LogP contribution in [0.3, 0.4) is 0 Å². The molecule has 0 rings (SSSR count). The number of hydrogen-bond acceptors (Lipinski definition) is 0. The molecule has 0 heterocycles. The van der Waals surface area contributed by atoms with Gasteiger partial charge >= 0.3 is 71.9 Å². The molecule has 0 atom stereocenters. The summed E-state index contributed by atoms with van der Waals surface area (Å²) in [7, 11) is 0. The Bertz CT molecular complexity index is 37.1. The molecule has 0 aromatic carbocycles. The molecule has 44 valence electrons. The van der Waals surface area contributed by atoms with Gasteiger partial charge in [-0.15, -0.1) is 0 Å². The van der Waals surface area contributed by atoms with Gasteiger partial charge < -0.3 is 0 Å². The van der Waals surface area contributed by atoms with E-state index >= 15 is 0 Å². The molecule has 0 aromatic rings. The molecular formula is Br5Rh. The fourth-order valence-electron chi connectivity index (χ4n) is 0. The SMILES string of the molecule is [Br][Rh]([Br])([Br])([Br])[Br]. The summed E-state index contributed by atoms with van der Waals surface area (Å²) in [5.41, 5.74) is 0. The molecule has 0 nitrogen and oxygen atoms in total. The first-order valence-corrected chi connectivity index (χ1v) is 19.4. The van der Waals surface area contributed by atoms with Gasteiger partial charge in [-0.25, -0.2) is 0 Å². The molecule has 0 bridgehead atoms. The molecule has 0 aliphatic rings. The maximum absolute atomic E-state index is 3.32. The average molecular weight is 502 g/mol. The van der Waals surface area contributed by atoms with E-state index in [-0.39, 0.29) is 0 Å². The maximum atomic E-state index is 3.32. The first kappa shape index (κ1) is 9.02. The Hall–Kier alpha value is 3.02. The van der Waals surface area contributed by atoms with Crippen LogP contribution in [0.4, 0.5) is 0 Å². The van der Waals surface area contributed by atoms with E-state index < -0.39 is 3.80 Å². The van der Waals surface area contributed by atoms with Gasteiger partial charge in [-0.1, -0.05) is 0 Å². The molecule has 0 aliphatic carbocycles. The molecule has 0 radical (unpaired) electrons. The monoisotopic (exact) mass is 497 g/mol. The zero-order valence-corrected chi connectivity index (χ0v) is 11.8. The van der Waals surface area contributed by atoms with Crippen molar-refractivity contribution in [1.29, 1.82) is 0 Å². The molecule has 6 heavy (non-hydrogen) atoms. The van der Waals surface area contributed by atoms with Crippen LogP contribution in [0, 0.1) is 0 Å². The molecule has 0 aromatic heterocycles. The summed E-state index contributed by atoms with van der Waals surface area (Å²) in [5.74, 6) is 0. The van der Waals surface area contributed by atoms with Gasteiger partial charge in [0.05, 0.1) is 0 Å². The van der Waals surface area contributed by atoms with Crippen LogP contribution >= 0.6 is 68.1 Å². The molecule has 0 amide bonds. The topological polar surface area (TPSA) is 0 Å². The van der Waals surface area contributed by atoms with Crippen LogP contribution < -0.4 is 0 Å². The van der Waals surface area contributed by atoms with Crippen LogP contribution in [0.1, 0.15) is 0 Å². The van der Waals surface area contributed by atoms with Crippen molar-refractivity contribution in [1.82, 2.24) is 0 Å². The summed E-state index contributed by atoms with van der Waals surface area (Å²) in [6.45, 7) is 0. The van der Waals surface area contributed by atoms with Crippen molar-refractivity contribution in [3.8, 4) is 0 Å². The van der Waals surface area contributed by atoms with Gasteiger partial charge in [-0.2, -0.15) is 0 Å². The molecule has 0 spiro atoms. The third kappa shape index (κ3) is 27.9. The van der Waals surface area contributed by atoms with Crippen LogP contribution in [0.5, 0.6) is 0 Å². The van der Waals surface area contributed by atoms with Gasteiger partial charge in [0.2, 0.25) is 0 Å². The second kappa shape index (κ2) is 2.33. The summed E-state index contributed by atoms with van der Waals surface area (Å²) >= 11 is 16.6. The molecule has 0 saturated heterocycles. The van der Waals surface area contributed by atoms with Crippen molar-refractivity contribution in [2.45, 2.75) is 0 Å². The molecule has 0 saturated carbocycles. The van der Waals surface area contributed by atoms with E-state index in [1.807, 2.05) is 0 Å². The fraction of sp³-hybridized carbons (Fsp3) is 0. The van der Waals surface area contributed by atoms with Gasteiger partial charge in [0.1, 0.15) is 0 Å². The van der Waals surface area contributed by atoms with Gasteiger partial charge in [-0.3, -0.25) is 0 Å². The Morgan fingerprint density at radius 2 is 0.667 bits per heavy atom. The van der Waals surface area contributed by atoms with E-state index in [0.717, 1.165) is 0 Å². The third-order valence-electron chi connectivity index (χ3n) is 0. The normalized spacial score (nSPS) is 19.2.